The minimum atomic E-state index is -3.53. The van der Waals surface area contributed by atoms with Crippen LogP contribution in [0.15, 0.2) is 52.1 Å². The number of sulfonamides is 1. The van der Waals surface area contributed by atoms with E-state index in [1.165, 1.54) is 15.6 Å². The molecule has 1 aromatic heterocycles. The van der Waals surface area contributed by atoms with E-state index in [2.05, 4.69) is 0 Å². The molecule has 0 spiro atoms. The van der Waals surface area contributed by atoms with Gasteiger partial charge in [-0.25, -0.2) is 8.42 Å². The molecule has 23 heavy (non-hydrogen) atoms. The topological polar surface area (TPSA) is 57.6 Å². The maximum atomic E-state index is 12.9. The van der Waals surface area contributed by atoms with Gasteiger partial charge < -0.3 is 5.11 Å². The van der Waals surface area contributed by atoms with Crippen LogP contribution in [0.3, 0.4) is 0 Å². The van der Waals surface area contributed by atoms with E-state index in [-0.39, 0.29) is 5.92 Å². The Kier molecular flexibility index (Phi) is 5.16. The lowest BCUT2D eigenvalue weighted by Crippen LogP contribution is -2.36. The van der Waals surface area contributed by atoms with Crippen LogP contribution in [-0.4, -0.2) is 30.5 Å². The standard InChI is InChI=1S/C17H21NO3S2/c19-16-9-4-8-15(16)13-18(12-14-6-2-1-3-7-14)23(20,21)17-10-5-11-22-17/h1-3,5-7,10-11,15-16,19H,4,8-9,12-13H2. The molecule has 3 rings (SSSR count). The Labute approximate surface area is 141 Å². The first-order valence-corrected chi connectivity index (χ1v) is 10.1. The van der Waals surface area contributed by atoms with E-state index in [0.717, 1.165) is 24.8 Å². The van der Waals surface area contributed by atoms with Crippen molar-refractivity contribution in [1.29, 1.82) is 0 Å². The third kappa shape index (κ3) is 3.83. The molecule has 0 amide bonds. The summed E-state index contributed by atoms with van der Waals surface area (Å²) in [5.41, 5.74) is 0.958. The number of aliphatic hydroxyl groups excluding tert-OH is 1. The molecule has 1 fully saturated rings. The monoisotopic (exact) mass is 351 g/mol. The zero-order valence-electron chi connectivity index (χ0n) is 12.8. The van der Waals surface area contributed by atoms with E-state index in [1.807, 2.05) is 30.3 Å². The molecular formula is C17H21NO3S2. The highest BCUT2D eigenvalue weighted by molar-refractivity contribution is 7.91. The lowest BCUT2D eigenvalue weighted by molar-refractivity contribution is 0.119. The predicted molar refractivity (Wildman–Crippen MR) is 91.7 cm³/mol. The molecule has 2 unspecified atom stereocenters. The second kappa shape index (κ2) is 7.13. The SMILES string of the molecule is O=S(=O)(c1cccs1)N(Cc1ccccc1)CC1CCCC1O. The molecule has 0 saturated heterocycles. The summed E-state index contributed by atoms with van der Waals surface area (Å²) in [6.07, 6.45) is 2.21. The van der Waals surface area contributed by atoms with Crippen molar-refractivity contribution >= 4 is 21.4 Å². The first kappa shape index (κ1) is 16.6. The molecule has 1 N–H and O–H groups in total. The molecule has 124 valence electrons. The molecular weight excluding hydrogens is 330 g/mol. The predicted octanol–water partition coefficient (Wildman–Crippen LogP) is 3.10. The molecule has 0 radical (unpaired) electrons. The number of rotatable bonds is 6. The molecule has 1 aliphatic carbocycles. The van der Waals surface area contributed by atoms with Gasteiger partial charge in [-0.1, -0.05) is 42.8 Å². The average Bonchev–Trinajstić information content (AvgIpc) is 3.20. The molecule has 1 aliphatic rings. The summed E-state index contributed by atoms with van der Waals surface area (Å²) < 4.78 is 27.8. The Balaban J connectivity index is 1.86. The van der Waals surface area contributed by atoms with Gasteiger partial charge in [0.25, 0.3) is 10.0 Å². The zero-order valence-corrected chi connectivity index (χ0v) is 14.5. The minimum Gasteiger partial charge on any atom is -0.393 e. The van der Waals surface area contributed by atoms with Gasteiger partial charge in [-0.2, -0.15) is 4.31 Å². The van der Waals surface area contributed by atoms with Crippen LogP contribution in [0.5, 0.6) is 0 Å². The molecule has 1 aromatic carbocycles. The summed E-state index contributed by atoms with van der Waals surface area (Å²) in [6.45, 7) is 0.709. The van der Waals surface area contributed by atoms with Gasteiger partial charge >= 0.3 is 0 Å². The van der Waals surface area contributed by atoms with Crippen LogP contribution in [0, 0.1) is 5.92 Å². The fourth-order valence-corrected chi connectivity index (χ4v) is 5.69. The van der Waals surface area contributed by atoms with Gasteiger partial charge in [-0.15, -0.1) is 11.3 Å². The van der Waals surface area contributed by atoms with Crippen molar-refractivity contribution in [3.63, 3.8) is 0 Å². The Morgan fingerprint density at radius 3 is 2.52 bits per heavy atom. The summed E-state index contributed by atoms with van der Waals surface area (Å²) in [4.78, 5) is 0. The summed E-state index contributed by atoms with van der Waals surface area (Å²) in [5, 5.41) is 11.9. The maximum absolute atomic E-state index is 12.9. The average molecular weight is 351 g/mol. The molecule has 0 aliphatic heterocycles. The largest absolute Gasteiger partial charge is 0.393 e. The van der Waals surface area contributed by atoms with Gasteiger partial charge in [0.15, 0.2) is 0 Å². The van der Waals surface area contributed by atoms with Gasteiger partial charge in [0.05, 0.1) is 6.10 Å². The Morgan fingerprint density at radius 2 is 1.91 bits per heavy atom. The highest BCUT2D eigenvalue weighted by Gasteiger charge is 2.33. The van der Waals surface area contributed by atoms with Gasteiger partial charge in [-0.05, 0) is 35.8 Å². The van der Waals surface area contributed by atoms with E-state index in [1.54, 1.807) is 17.5 Å². The first-order chi connectivity index (χ1) is 11.1. The Hall–Kier alpha value is -1.21. The molecule has 2 aromatic rings. The normalized spacial score (nSPS) is 21.8. The lowest BCUT2D eigenvalue weighted by Gasteiger charge is -2.26. The number of hydrogen-bond acceptors (Lipinski definition) is 4. The van der Waals surface area contributed by atoms with Crippen molar-refractivity contribution in [3.8, 4) is 0 Å². The van der Waals surface area contributed by atoms with Gasteiger partial charge in [0.2, 0.25) is 0 Å². The fraction of sp³-hybridized carbons (Fsp3) is 0.412. The van der Waals surface area contributed by atoms with Crippen LogP contribution in [0.2, 0.25) is 0 Å². The van der Waals surface area contributed by atoms with Gasteiger partial charge in [0, 0.05) is 13.1 Å². The highest BCUT2D eigenvalue weighted by Crippen LogP contribution is 2.30. The third-order valence-electron chi connectivity index (χ3n) is 4.35. The first-order valence-electron chi connectivity index (χ1n) is 7.83. The lowest BCUT2D eigenvalue weighted by atomic mass is 10.1. The van der Waals surface area contributed by atoms with Crippen molar-refractivity contribution in [2.24, 2.45) is 5.92 Å². The molecule has 1 saturated carbocycles. The minimum absolute atomic E-state index is 0.0217. The number of thiophene rings is 1. The summed E-state index contributed by atoms with van der Waals surface area (Å²) in [6, 6.07) is 13.0. The van der Waals surface area contributed by atoms with Gasteiger partial charge in [-0.3, -0.25) is 0 Å². The van der Waals surface area contributed by atoms with Gasteiger partial charge in [0.1, 0.15) is 4.21 Å². The number of benzene rings is 1. The van der Waals surface area contributed by atoms with E-state index in [9.17, 15) is 13.5 Å². The summed E-state index contributed by atoms with van der Waals surface area (Å²) in [7, 11) is -3.53. The number of nitrogens with zero attached hydrogens (tertiary/aromatic N) is 1. The molecule has 2 atom stereocenters. The highest BCUT2D eigenvalue weighted by atomic mass is 32.2. The second-order valence-corrected chi connectivity index (χ2v) is 9.09. The van der Waals surface area contributed by atoms with Crippen molar-refractivity contribution < 1.29 is 13.5 Å². The van der Waals surface area contributed by atoms with Crippen LogP contribution in [0.4, 0.5) is 0 Å². The second-order valence-electron chi connectivity index (χ2n) is 5.97. The Morgan fingerprint density at radius 1 is 1.13 bits per heavy atom. The quantitative estimate of drug-likeness (QED) is 0.870. The Bertz CT molecular complexity index is 714. The summed E-state index contributed by atoms with van der Waals surface area (Å²) >= 11 is 1.24. The van der Waals surface area contributed by atoms with E-state index < -0.39 is 16.1 Å². The van der Waals surface area contributed by atoms with Crippen molar-refractivity contribution in [3.05, 3.63) is 53.4 Å². The van der Waals surface area contributed by atoms with E-state index in [4.69, 9.17) is 0 Å². The molecule has 0 bridgehead atoms. The van der Waals surface area contributed by atoms with E-state index in [0.29, 0.717) is 17.3 Å². The fourth-order valence-electron chi connectivity index (χ4n) is 3.06. The van der Waals surface area contributed by atoms with Crippen molar-refractivity contribution in [2.45, 2.75) is 36.1 Å². The van der Waals surface area contributed by atoms with E-state index >= 15 is 0 Å². The maximum Gasteiger partial charge on any atom is 0.252 e. The number of aliphatic hydroxyl groups is 1. The molecule has 1 heterocycles. The van der Waals surface area contributed by atoms with Crippen molar-refractivity contribution in [1.82, 2.24) is 4.31 Å². The molecule has 4 nitrogen and oxygen atoms in total. The van der Waals surface area contributed by atoms with Crippen LogP contribution >= 0.6 is 11.3 Å². The van der Waals surface area contributed by atoms with Crippen LogP contribution < -0.4 is 0 Å². The third-order valence-corrected chi connectivity index (χ3v) is 7.53. The zero-order chi connectivity index (χ0) is 16.3. The van der Waals surface area contributed by atoms with Crippen LogP contribution in [0.1, 0.15) is 24.8 Å². The number of hydrogen-bond donors (Lipinski definition) is 1. The van der Waals surface area contributed by atoms with Crippen LogP contribution in [0.25, 0.3) is 0 Å². The van der Waals surface area contributed by atoms with Crippen LogP contribution in [-0.2, 0) is 16.6 Å². The molecule has 6 heteroatoms. The smallest absolute Gasteiger partial charge is 0.252 e. The van der Waals surface area contributed by atoms with Crippen molar-refractivity contribution in [2.75, 3.05) is 6.54 Å². The summed E-state index contributed by atoms with van der Waals surface area (Å²) in [5.74, 6) is 0.0217.